The third kappa shape index (κ3) is 3.50. The lowest BCUT2D eigenvalue weighted by atomic mass is 10.1. The number of esters is 1. The molecule has 7 heteroatoms. The van der Waals surface area contributed by atoms with Crippen LogP contribution in [0.2, 0.25) is 0 Å². The van der Waals surface area contributed by atoms with Crippen LogP contribution >= 0.6 is 0 Å². The molecule has 112 valence electrons. The summed E-state index contributed by atoms with van der Waals surface area (Å²) in [5, 5.41) is 11.5. The number of hydrogen-bond donors (Lipinski definition) is 2. The molecule has 0 spiro atoms. The van der Waals surface area contributed by atoms with Crippen LogP contribution in [0.5, 0.6) is 0 Å². The number of methoxy groups -OCH3 is 1. The van der Waals surface area contributed by atoms with E-state index in [1.807, 2.05) is 0 Å². The molecule has 0 saturated carbocycles. The number of nitrogens with one attached hydrogen (secondary N) is 1. The number of carbonyl (C=O) groups excluding carboxylic acids is 2. The molecule has 21 heavy (non-hydrogen) atoms. The molecule has 0 aromatic heterocycles. The van der Waals surface area contributed by atoms with Crippen molar-refractivity contribution in [1.29, 1.82) is 0 Å². The van der Waals surface area contributed by atoms with Crippen molar-refractivity contribution in [3.8, 4) is 0 Å². The highest BCUT2D eigenvalue weighted by Crippen LogP contribution is 2.19. The zero-order valence-electron chi connectivity index (χ0n) is 11.5. The zero-order valence-corrected chi connectivity index (χ0v) is 11.5. The average Bonchev–Trinajstić information content (AvgIpc) is 2.96. The summed E-state index contributed by atoms with van der Waals surface area (Å²) < 4.78 is 4.66. The smallest absolute Gasteiger partial charge is 0.335 e. The van der Waals surface area contributed by atoms with Gasteiger partial charge < -0.3 is 20.1 Å². The molecule has 1 aliphatic rings. The summed E-state index contributed by atoms with van der Waals surface area (Å²) in [6, 6.07) is 5.64. The Hall–Kier alpha value is -2.57. The second kappa shape index (κ2) is 6.25. The maximum atomic E-state index is 12.1. The summed E-state index contributed by atoms with van der Waals surface area (Å²) in [6.45, 7) is 0.765. The number of rotatable bonds is 3. The largest absolute Gasteiger partial charge is 0.478 e. The van der Waals surface area contributed by atoms with E-state index in [2.05, 4.69) is 10.1 Å². The molecule has 2 amide bonds. The number of likely N-dealkylation sites (tertiary alicyclic amines) is 1. The maximum Gasteiger partial charge on any atom is 0.335 e. The number of carboxylic acid groups (broad SMARTS) is 1. The molecule has 1 saturated heterocycles. The molecular formula is C14H16N2O5. The molecule has 0 bridgehead atoms. The number of ether oxygens (including phenoxy) is 1. The molecule has 1 aliphatic heterocycles. The summed E-state index contributed by atoms with van der Waals surface area (Å²) in [5.41, 5.74) is 0.503. The first-order valence-electron chi connectivity index (χ1n) is 6.48. The lowest BCUT2D eigenvalue weighted by Crippen LogP contribution is -2.34. The van der Waals surface area contributed by atoms with Gasteiger partial charge in [-0.2, -0.15) is 0 Å². The van der Waals surface area contributed by atoms with E-state index < -0.39 is 5.97 Å². The maximum absolute atomic E-state index is 12.1. The number of carboxylic acids is 1. The van der Waals surface area contributed by atoms with Crippen molar-refractivity contribution in [2.24, 2.45) is 5.92 Å². The fourth-order valence-electron chi connectivity index (χ4n) is 2.24. The number of nitrogens with zero attached hydrogens (tertiary/aromatic N) is 1. The Morgan fingerprint density at radius 1 is 1.38 bits per heavy atom. The number of hydrogen-bond acceptors (Lipinski definition) is 4. The van der Waals surface area contributed by atoms with E-state index in [4.69, 9.17) is 5.11 Å². The molecule has 1 fully saturated rings. The van der Waals surface area contributed by atoms with Crippen LogP contribution < -0.4 is 5.32 Å². The number of aromatic carboxylic acids is 1. The van der Waals surface area contributed by atoms with E-state index in [0.717, 1.165) is 0 Å². The lowest BCUT2D eigenvalue weighted by molar-refractivity contribution is -0.144. The van der Waals surface area contributed by atoms with Gasteiger partial charge in [0.1, 0.15) is 0 Å². The van der Waals surface area contributed by atoms with Gasteiger partial charge in [0, 0.05) is 18.8 Å². The van der Waals surface area contributed by atoms with Gasteiger partial charge in [0.05, 0.1) is 18.6 Å². The zero-order chi connectivity index (χ0) is 15.4. The van der Waals surface area contributed by atoms with Crippen molar-refractivity contribution in [3.63, 3.8) is 0 Å². The van der Waals surface area contributed by atoms with Gasteiger partial charge in [0.15, 0.2) is 0 Å². The molecule has 1 heterocycles. The number of amides is 2. The van der Waals surface area contributed by atoms with Gasteiger partial charge in [-0.1, -0.05) is 6.07 Å². The fourth-order valence-corrected chi connectivity index (χ4v) is 2.24. The lowest BCUT2D eigenvalue weighted by Gasteiger charge is -2.17. The first kappa shape index (κ1) is 14.8. The van der Waals surface area contributed by atoms with Crippen LogP contribution in [0.25, 0.3) is 0 Å². The Balaban J connectivity index is 1.98. The molecular weight excluding hydrogens is 276 g/mol. The molecule has 1 aromatic carbocycles. The average molecular weight is 292 g/mol. The summed E-state index contributed by atoms with van der Waals surface area (Å²) in [7, 11) is 1.32. The summed E-state index contributed by atoms with van der Waals surface area (Å²) in [4.78, 5) is 35.9. The van der Waals surface area contributed by atoms with Crippen molar-refractivity contribution >= 4 is 23.7 Å². The van der Waals surface area contributed by atoms with E-state index in [1.165, 1.54) is 24.1 Å². The first-order valence-corrected chi connectivity index (χ1v) is 6.48. The van der Waals surface area contributed by atoms with Crippen LogP contribution in [-0.4, -0.2) is 48.2 Å². The van der Waals surface area contributed by atoms with Gasteiger partial charge in [-0.05, 0) is 24.6 Å². The fraction of sp³-hybridized carbons (Fsp3) is 0.357. The molecule has 1 aromatic rings. The molecule has 7 nitrogen and oxygen atoms in total. The van der Waals surface area contributed by atoms with E-state index >= 15 is 0 Å². The van der Waals surface area contributed by atoms with Crippen LogP contribution in [0.1, 0.15) is 16.8 Å². The van der Waals surface area contributed by atoms with Crippen molar-refractivity contribution in [2.75, 3.05) is 25.5 Å². The van der Waals surface area contributed by atoms with E-state index in [-0.39, 0.29) is 23.5 Å². The normalized spacial score (nSPS) is 17.4. The third-order valence-electron chi connectivity index (χ3n) is 3.37. The quantitative estimate of drug-likeness (QED) is 0.821. The van der Waals surface area contributed by atoms with Crippen LogP contribution in [-0.2, 0) is 9.53 Å². The minimum atomic E-state index is -1.06. The van der Waals surface area contributed by atoms with Crippen molar-refractivity contribution in [3.05, 3.63) is 29.8 Å². The molecule has 1 unspecified atom stereocenters. The Morgan fingerprint density at radius 3 is 2.81 bits per heavy atom. The number of benzene rings is 1. The summed E-state index contributed by atoms with van der Waals surface area (Å²) in [6.07, 6.45) is 0.565. The van der Waals surface area contributed by atoms with Gasteiger partial charge in [-0.25, -0.2) is 9.59 Å². The van der Waals surface area contributed by atoms with Gasteiger partial charge in [0.2, 0.25) is 0 Å². The van der Waals surface area contributed by atoms with Crippen LogP contribution in [0.15, 0.2) is 24.3 Å². The van der Waals surface area contributed by atoms with E-state index in [1.54, 1.807) is 12.1 Å². The van der Waals surface area contributed by atoms with Crippen molar-refractivity contribution in [2.45, 2.75) is 6.42 Å². The molecule has 0 aliphatic carbocycles. The highest BCUT2D eigenvalue weighted by atomic mass is 16.5. The molecule has 2 rings (SSSR count). The second-order valence-corrected chi connectivity index (χ2v) is 4.77. The summed E-state index contributed by atoms with van der Waals surface area (Å²) >= 11 is 0. The second-order valence-electron chi connectivity index (χ2n) is 4.77. The Morgan fingerprint density at radius 2 is 2.14 bits per heavy atom. The monoisotopic (exact) mass is 292 g/mol. The standard InChI is InChI=1S/C14H16N2O5/c1-21-13(19)10-5-6-16(8-10)14(20)15-11-4-2-3-9(7-11)12(17)18/h2-4,7,10H,5-6,8H2,1H3,(H,15,20)(H,17,18). The Kier molecular flexibility index (Phi) is 4.42. The van der Waals surface area contributed by atoms with E-state index in [9.17, 15) is 14.4 Å². The Bertz CT molecular complexity index is 572. The van der Waals surface area contributed by atoms with Gasteiger partial charge in [-0.15, -0.1) is 0 Å². The van der Waals surface area contributed by atoms with Crippen LogP contribution in [0.3, 0.4) is 0 Å². The minimum absolute atomic E-state index is 0.0988. The van der Waals surface area contributed by atoms with Crippen molar-refractivity contribution < 1.29 is 24.2 Å². The topological polar surface area (TPSA) is 95.9 Å². The molecule has 1 atom stereocenters. The predicted molar refractivity (Wildman–Crippen MR) is 74.1 cm³/mol. The van der Waals surface area contributed by atoms with Gasteiger partial charge in [0.25, 0.3) is 0 Å². The number of anilines is 1. The van der Waals surface area contributed by atoms with Crippen molar-refractivity contribution in [1.82, 2.24) is 4.90 Å². The van der Waals surface area contributed by atoms with Crippen LogP contribution in [0.4, 0.5) is 10.5 Å². The molecule has 2 N–H and O–H groups in total. The van der Waals surface area contributed by atoms with E-state index in [0.29, 0.717) is 25.2 Å². The Labute approximate surface area is 121 Å². The first-order chi connectivity index (χ1) is 10.0. The predicted octanol–water partition coefficient (Wildman–Crippen LogP) is 1.41. The van der Waals surface area contributed by atoms with Crippen LogP contribution in [0, 0.1) is 5.92 Å². The SMILES string of the molecule is COC(=O)C1CCN(C(=O)Nc2cccc(C(=O)O)c2)C1. The molecule has 0 radical (unpaired) electrons. The third-order valence-corrected chi connectivity index (χ3v) is 3.37. The summed E-state index contributed by atoms with van der Waals surface area (Å²) in [5.74, 6) is -1.68. The minimum Gasteiger partial charge on any atom is -0.478 e. The highest BCUT2D eigenvalue weighted by Gasteiger charge is 2.31. The number of carbonyl (C=O) groups is 3. The van der Waals surface area contributed by atoms with Gasteiger partial charge in [-0.3, -0.25) is 4.79 Å². The van der Waals surface area contributed by atoms with Gasteiger partial charge >= 0.3 is 18.0 Å². The highest BCUT2D eigenvalue weighted by molar-refractivity contribution is 5.93. The number of urea groups is 1.